The Bertz CT molecular complexity index is 541. The monoisotopic (exact) mass is 563 g/mol. The van der Waals surface area contributed by atoms with E-state index in [4.69, 9.17) is 39.0 Å². The van der Waals surface area contributed by atoms with Crippen molar-refractivity contribution in [3.63, 3.8) is 0 Å². The molecule has 13 heteroatoms. The summed E-state index contributed by atoms with van der Waals surface area (Å²) in [5, 5.41) is 47.1. The van der Waals surface area contributed by atoms with E-state index in [1.54, 1.807) is 6.92 Å². The van der Waals surface area contributed by atoms with Crippen LogP contribution in [0.4, 0.5) is 0 Å². The van der Waals surface area contributed by atoms with Gasteiger partial charge in [0.1, 0.15) is 0 Å². The molecule has 2 aliphatic heterocycles. The number of aliphatic hydroxyl groups is 5. The molecule has 0 aliphatic carbocycles. The maximum Gasteiger partial charge on any atom is 0.335 e. The molecule has 0 bridgehead atoms. The van der Waals surface area contributed by atoms with Crippen molar-refractivity contribution in [2.24, 2.45) is 11.8 Å². The zero-order valence-corrected chi connectivity index (χ0v) is 23.6. The smallest absolute Gasteiger partial charge is 0.335 e. The molecule has 2 saturated heterocycles. The van der Waals surface area contributed by atoms with Crippen LogP contribution in [0.1, 0.15) is 47.5 Å². The van der Waals surface area contributed by atoms with Gasteiger partial charge in [-0.05, 0) is 47.5 Å². The fraction of sp³-hybridized carbons (Fsp3) is 0.958. The molecule has 6 unspecified atom stereocenters. The minimum absolute atomic E-state index is 0. The van der Waals surface area contributed by atoms with Gasteiger partial charge in [-0.2, -0.15) is 0 Å². The average Bonchev–Trinajstić information content (AvgIpc) is 3.48. The first-order valence-corrected chi connectivity index (χ1v) is 12.7. The molecule has 0 amide bonds. The molecule has 2 fully saturated rings. The van der Waals surface area contributed by atoms with Gasteiger partial charge >= 0.3 is 5.97 Å². The zero-order chi connectivity index (χ0) is 27.5. The number of hydrogen-bond acceptors (Lipinski definition) is 12. The first kappa shape index (κ1) is 38.5. The van der Waals surface area contributed by atoms with Crippen molar-refractivity contribution < 1.29 is 54.0 Å². The molecule has 2 rings (SSSR count). The lowest BCUT2D eigenvalue weighted by Gasteiger charge is -2.23. The van der Waals surface area contributed by atoms with Crippen LogP contribution in [0.15, 0.2) is 0 Å². The second-order valence-electron chi connectivity index (χ2n) is 8.90. The minimum atomic E-state index is -1.16. The molecular weight excluding hydrogens is 514 g/mol. The average molecular weight is 564 g/mol. The maximum atomic E-state index is 11.4. The van der Waals surface area contributed by atoms with Gasteiger partial charge in [0.2, 0.25) is 0 Å². The van der Waals surface area contributed by atoms with Gasteiger partial charge in [-0.3, -0.25) is 0 Å². The van der Waals surface area contributed by atoms with Crippen LogP contribution < -0.4 is 5.32 Å². The van der Waals surface area contributed by atoms with Crippen LogP contribution in [-0.4, -0.2) is 121 Å². The van der Waals surface area contributed by atoms with Crippen molar-refractivity contribution in [3.8, 4) is 0 Å². The van der Waals surface area contributed by atoms with Crippen molar-refractivity contribution in [2.75, 3.05) is 52.7 Å². The number of rotatable bonds is 13. The number of aliphatic hydroxyl groups excluding tert-OH is 5. The number of carbonyl (C=O) groups is 1. The normalized spacial score (nSPS) is 24.4. The summed E-state index contributed by atoms with van der Waals surface area (Å²) in [6.07, 6.45) is -1.33. The van der Waals surface area contributed by atoms with Crippen LogP contribution in [0.5, 0.6) is 0 Å². The van der Waals surface area contributed by atoms with E-state index in [1.807, 2.05) is 27.7 Å². The Balaban J connectivity index is 0. The highest BCUT2D eigenvalue weighted by Gasteiger charge is 2.39. The second kappa shape index (κ2) is 23.3. The molecule has 0 radical (unpaired) electrons. The van der Waals surface area contributed by atoms with E-state index in [0.29, 0.717) is 32.7 Å². The highest BCUT2D eigenvalue weighted by Crippen LogP contribution is 2.27. The fourth-order valence-electron chi connectivity index (χ4n) is 3.48. The molecule has 0 spiro atoms. The third-order valence-corrected chi connectivity index (χ3v) is 5.17. The number of hydrogen-bond donors (Lipinski definition) is 6. The van der Waals surface area contributed by atoms with E-state index in [1.165, 1.54) is 0 Å². The summed E-state index contributed by atoms with van der Waals surface area (Å²) in [7, 11) is 0. The van der Waals surface area contributed by atoms with Crippen molar-refractivity contribution in [3.05, 3.63) is 0 Å². The summed E-state index contributed by atoms with van der Waals surface area (Å²) in [5.74, 6) is -1.02. The Morgan fingerprint density at radius 1 is 0.892 bits per heavy atom. The topological polar surface area (TPSA) is 176 Å². The third-order valence-electron chi connectivity index (χ3n) is 5.17. The Morgan fingerprint density at radius 3 is 1.76 bits per heavy atom. The molecule has 37 heavy (non-hydrogen) atoms. The summed E-state index contributed by atoms with van der Waals surface area (Å²) in [6, 6.07) is 0. The molecule has 224 valence electrons. The predicted molar refractivity (Wildman–Crippen MR) is 138 cm³/mol. The predicted octanol–water partition coefficient (Wildman–Crippen LogP) is -0.192. The number of ether oxygens (including phenoxy) is 5. The standard InChI is InChI=1S/C11H20O5.C9H18O4.C4H11NO2.ClH/c1-4-14-10(13)9(12)8-5-6-15-11(8)16-7(2)3;1-6(2)13-9-7(3-4-12-9)8(11)5-10;6-3-1-5-2-4-7;/h7-9,11-12H,4-6H2,1-3H3;6-11H,3-5H2,1-2H3;5-7H,1-4H2;1H. The van der Waals surface area contributed by atoms with Crippen LogP contribution in [0.3, 0.4) is 0 Å². The third kappa shape index (κ3) is 16.8. The van der Waals surface area contributed by atoms with Crippen molar-refractivity contribution in [1.82, 2.24) is 5.32 Å². The Morgan fingerprint density at radius 2 is 1.35 bits per heavy atom. The van der Waals surface area contributed by atoms with E-state index in [0.717, 1.165) is 6.42 Å². The highest BCUT2D eigenvalue weighted by molar-refractivity contribution is 5.85. The van der Waals surface area contributed by atoms with Gasteiger partial charge < -0.3 is 54.5 Å². The Hall–Kier alpha value is -0.640. The first-order chi connectivity index (χ1) is 17.1. The number of halogens is 1. The summed E-state index contributed by atoms with van der Waals surface area (Å²) in [4.78, 5) is 11.4. The zero-order valence-electron chi connectivity index (χ0n) is 22.8. The molecule has 0 aromatic heterocycles. The summed E-state index contributed by atoms with van der Waals surface area (Å²) in [5.41, 5.74) is 0. The van der Waals surface area contributed by atoms with E-state index in [9.17, 15) is 15.0 Å². The quantitative estimate of drug-likeness (QED) is 0.129. The van der Waals surface area contributed by atoms with Crippen LogP contribution >= 0.6 is 12.4 Å². The highest BCUT2D eigenvalue weighted by atomic mass is 35.5. The first-order valence-electron chi connectivity index (χ1n) is 12.7. The van der Waals surface area contributed by atoms with E-state index in [-0.39, 0.29) is 69.2 Å². The van der Waals surface area contributed by atoms with Crippen molar-refractivity contribution in [2.45, 2.75) is 84.5 Å². The maximum absolute atomic E-state index is 11.4. The SMILES string of the molecule is CC(C)OC1OCCC1C(O)CO.CCOC(=O)C(O)C1CCOC1OC(C)C.Cl.OCCNCCO. The largest absolute Gasteiger partial charge is 0.464 e. The minimum Gasteiger partial charge on any atom is -0.464 e. The summed E-state index contributed by atoms with van der Waals surface area (Å²) in [6.45, 7) is 11.9. The number of esters is 1. The lowest BCUT2D eigenvalue weighted by Crippen LogP contribution is -2.38. The van der Waals surface area contributed by atoms with Crippen molar-refractivity contribution >= 4 is 18.4 Å². The molecule has 0 saturated carbocycles. The molecule has 2 aliphatic rings. The van der Waals surface area contributed by atoms with Gasteiger partial charge in [0.05, 0.1) is 58.0 Å². The summed E-state index contributed by atoms with van der Waals surface area (Å²) < 4.78 is 26.3. The molecule has 12 nitrogen and oxygen atoms in total. The summed E-state index contributed by atoms with van der Waals surface area (Å²) >= 11 is 0. The lowest BCUT2D eigenvalue weighted by atomic mass is 10.0. The number of carbonyl (C=O) groups excluding carboxylic acids is 1. The van der Waals surface area contributed by atoms with Gasteiger partial charge in [-0.15, -0.1) is 12.4 Å². The fourth-order valence-corrected chi connectivity index (χ4v) is 3.48. The van der Waals surface area contributed by atoms with Gasteiger partial charge in [0.25, 0.3) is 0 Å². The van der Waals surface area contributed by atoms with Crippen LogP contribution in [0.2, 0.25) is 0 Å². The molecule has 0 aromatic carbocycles. The van der Waals surface area contributed by atoms with Crippen LogP contribution in [0, 0.1) is 11.8 Å². The van der Waals surface area contributed by atoms with E-state index in [2.05, 4.69) is 5.32 Å². The van der Waals surface area contributed by atoms with Gasteiger partial charge in [0.15, 0.2) is 18.7 Å². The second-order valence-corrected chi connectivity index (χ2v) is 8.90. The molecule has 6 atom stereocenters. The van der Waals surface area contributed by atoms with E-state index < -0.39 is 24.5 Å². The Labute approximate surface area is 227 Å². The van der Waals surface area contributed by atoms with Crippen molar-refractivity contribution in [1.29, 1.82) is 0 Å². The van der Waals surface area contributed by atoms with Gasteiger partial charge in [-0.1, -0.05) is 0 Å². The van der Waals surface area contributed by atoms with Gasteiger partial charge in [-0.25, -0.2) is 4.79 Å². The molecule has 0 aromatic rings. The molecule has 2 heterocycles. The Kier molecular flexibility index (Phi) is 24.2. The van der Waals surface area contributed by atoms with Crippen LogP contribution in [0.25, 0.3) is 0 Å². The van der Waals surface area contributed by atoms with Gasteiger partial charge in [0, 0.05) is 24.9 Å². The molecule has 6 N–H and O–H groups in total. The van der Waals surface area contributed by atoms with Crippen LogP contribution in [-0.2, 0) is 28.5 Å². The molecular formula is C24H50ClNO11. The number of nitrogens with one attached hydrogen (secondary N) is 1. The van der Waals surface area contributed by atoms with E-state index >= 15 is 0 Å². The lowest BCUT2D eigenvalue weighted by molar-refractivity contribution is -0.182.